The molecule has 0 spiro atoms. The molecule has 0 aliphatic rings. The third-order valence-electron chi connectivity index (χ3n) is 1.39. The molecule has 0 radical (unpaired) electrons. The summed E-state index contributed by atoms with van der Waals surface area (Å²) in [6, 6.07) is 2.61. The molecule has 0 aliphatic carbocycles. The van der Waals surface area contributed by atoms with Gasteiger partial charge in [0, 0.05) is 0 Å². The van der Waals surface area contributed by atoms with Gasteiger partial charge >= 0.3 is 84.6 Å². The van der Waals surface area contributed by atoms with Crippen LogP contribution in [-0.4, -0.2) is 26.7 Å². The normalized spacial score (nSPS) is 10.3. The molecule has 0 N–H and O–H groups in total. The van der Waals surface area contributed by atoms with Crippen LogP contribution in [0.25, 0.3) is 0 Å². The standard InChI is InChI=1S/C7H2F3N2.ClH.Mg/c8-7(9,10)6-4-12-2-1-5(6)3-11;;/h1,4H;1H;/q;;+1/p-1. The summed E-state index contributed by atoms with van der Waals surface area (Å²) in [6.07, 6.45) is -3.82. The molecule has 2 nitrogen and oxygen atoms in total. The summed E-state index contributed by atoms with van der Waals surface area (Å²) in [6.45, 7) is 0. The van der Waals surface area contributed by atoms with Crippen LogP contribution in [0, 0.1) is 11.3 Å². The predicted molar refractivity (Wildman–Crippen MR) is 39.3 cm³/mol. The van der Waals surface area contributed by atoms with Gasteiger partial charge in [0.2, 0.25) is 0 Å². The molecule has 0 unspecified atom stereocenters. The van der Waals surface area contributed by atoms with E-state index in [-0.39, 0.29) is 18.0 Å². The average molecular weight is 231 g/mol. The van der Waals surface area contributed by atoms with E-state index in [1.165, 1.54) is 27.8 Å². The van der Waals surface area contributed by atoms with Gasteiger partial charge in [0.05, 0.1) is 0 Å². The molecule has 1 heterocycles. The van der Waals surface area contributed by atoms with E-state index in [2.05, 4.69) is 4.98 Å². The summed E-state index contributed by atoms with van der Waals surface area (Å²) >= 11 is 1.33. The van der Waals surface area contributed by atoms with Gasteiger partial charge in [0.25, 0.3) is 0 Å². The minimum atomic E-state index is -4.51. The summed E-state index contributed by atoms with van der Waals surface area (Å²) in [5.74, 6) is 0. The smallest absolute Gasteiger partial charge is 1.00 e. The summed E-state index contributed by atoms with van der Waals surface area (Å²) in [7, 11) is 0. The second-order valence-electron chi connectivity index (χ2n) is 2.33. The monoisotopic (exact) mass is 230 g/mol. The number of pyridine rings is 1. The molecule has 0 amide bonds. The molecule has 0 aliphatic heterocycles. The first-order chi connectivity index (χ1) is 5.95. The van der Waals surface area contributed by atoms with Crippen molar-refractivity contribution in [1.29, 1.82) is 5.26 Å². The number of nitrogens with zero attached hydrogens (tertiary/aromatic N) is 2. The second kappa shape index (κ2) is 4.82. The minimum absolute atomic E-state index is 0. The van der Waals surface area contributed by atoms with Crippen molar-refractivity contribution in [1.82, 2.24) is 4.98 Å². The predicted octanol–water partition coefficient (Wildman–Crippen LogP) is -2.23. The van der Waals surface area contributed by atoms with Gasteiger partial charge in [-0.2, -0.15) is 0 Å². The van der Waals surface area contributed by atoms with E-state index in [1.807, 2.05) is 0 Å². The fourth-order valence-corrected chi connectivity index (χ4v) is 1.11. The van der Waals surface area contributed by atoms with Crippen LogP contribution >= 0.6 is 0 Å². The molecular formula is C7H2ClF3MgN2. The topological polar surface area (TPSA) is 36.7 Å². The molecule has 1 aromatic heterocycles. The third-order valence-corrected chi connectivity index (χ3v) is 1.77. The summed E-state index contributed by atoms with van der Waals surface area (Å²) < 4.78 is 37.0. The van der Waals surface area contributed by atoms with Crippen LogP contribution in [0.15, 0.2) is 12.3 Å². The van der Waals surface area contributed by atoms with Crippen molar-refractivity contribution < 1.29 is 25.6 Å². The molecule has 7 heteroatoms. The van der Waals surface area contributed by atoms with Gasteiger partial charge in [-0.15, -0.1) is 0 Å². The van der Waals surface area contributed by atoms with Crippen molar-refractivity contribution in [2.75, 3.05) is 0 Å². The third kappa shape index (κ3) is 3.01. The van der Waals surface area contributed by atoms with E-state index in [9.17, 15) is 13.2 Å². The molecule has 0 saturated carbocycles. The Kier molecular flexibility index (Phi) is 4.64. The first kappa shape index (κ1) is 13.5. The number of hydrogen-bond donors (Lipinski definition) is 0. The van der Waals surface area contributed by atoms with Gasteiger partial charge in [-0.05, 0) is 0 Å². The maximum Gasteiger partial charge on any atom is -1.00 e. The van der Waals surface area contributed by atoms with Crippen molar-refractivity contribution in [3.05, 3.63) is 23.4 Å². The summed E-state index contributed by atoms with van der Waals surface area (Å²) in [5, 5.41) is 8.43. The Balaban J connectivity index is 0.00000169. The van der Waals surface area contributed by atoms with Crippen LogP contribution in [-0.2, 0) is 6.18 Å². The molecular weight excluding hydrogens is 229 g/mol. The molecule has 14 heavy (non-hydrogen) atoms. The van der Waals surface area contributed by atoms with E-state index in [0.29, 0.717) is 10.0 Å². The van der Waals surface area contributed by atoms with Crippen LogP contribution < -0.4 is 16.2 Å². The Morgan fingerprint density at radius 1 is 1.43 bits per heavy atom. The van der Waals surface area contributed by atoms with Crippen LogP contribution in [0.1, 0.15) is 11.1 Å². The van der Waals surface area contributed by atoms with Crippen LogP contribution in [0.2, 0.25) is 0 Å². The fraction of sp³-hybridized carbons (Fsp3) is 0.143. The number of rotatable bonds is 0. The maximum absolute atomic E-state index is 12.2. The zero-order chi connectivity index (χ0) is 10.1. The zero-order valence-corrected chi connectivity index (χ0v) is 8.94. The largest absolute Gasteiger partial charge is 1.00 e. The van der Waals surface area contributed by atoms with Crippen molar-refractivity contribution in [3.8, 4) is 6.07 Å². The summed E-state index contributed by atoms with van der Waals surface area (Å²) in [4.78, 5) is 3.50. The second-order valence-corrected chi connectivity index (χ2v) is 3.06. The van der Waals surface area contributed by atoms with Crippen LogP contribution in [0.4, 0.5) is 13.2 Å². The van der Waals surface area contributed by atoms with E-state index < -0.39 is 11.7 Å². The Morgan fingerprint density at radius 3 is 2.43 bits per heavy atom. The summed E-state index contributed by atoms with van der Waals surface area (Å²) in [5.41, 5.74) is -1.36. The molecule has 1 aromatic rings. The van der Waals surface area contributed by atoms with E-state index in [0.717, 1.165) is 6.07 Å². The molecule has 0 fully saturated rings. The number of hydrogen-bond acceptors (Lipinski definition) is 2. The number of aromatic nitrogens is 1. The van der Waals surface area contributed by atoms with E-state index in [4.69, 9.17) is 5.26 Å². The average Bonchev–Trinajstić information content (AvgIpc) is 2.01. The van der Waals surface area contributed by atoms with Gasteiger partial charge in [-0.25, -0.2) is 0 Å². The van der Waals surface area contributed by atoms with Crippen molar-refractivity contribution >= 4 is 25.5 Å². The van der Waals surface area contributed by atoms with Gasteiger partial charge in [-0.1, -0.05) is 0 Å². The Bertz CT molecular complexity index is 372. The SMILES string of the molecule is N#Cc1c[c]([Mg+])ncc1C(F)(F)F.[Cl-]. The van der Waals surface area contributed by atoms with E-state index in [1.54, 1.807) is 0 Å². The molecule has 0 atom stereocenters. The Morgan fingerprint density at radius 2 is 2.00 bits per heavy atom. The minimum Gasteiger partial charge on any atom is -1.00 e. The van der Waals surface area contributed by atoms with Gasteiger partial charge in [0.1, 0.15) is 0 Å². The van der Waals surface area contributed by atoms with Gasteiger partial charge < -0.3 is 12.4 Å². The molecule has 0 saturated heterocycles. The quantitative estimate of drug-likeness (QED) is 0.474. The van der Waals surface area contributed by atoms with Gasteiger partial charge in [0.15, 0.2) is 0 Å². The number of alkyl halides is 3. The first-order valence-corrected chi connectivity index (χ1v) is 3.95. The first-order valence-electron chi connectivity index (χ1n) is 3.24. The maximum atomic E-state index is 12.2. The van der Waals surface area contributed by atoms with Crippen molar-refractivity contribution in [2.45, 2.75) is 6.18 Å². The van der Waals surface area contributed by atoms with Crippen molar-refractivity contribution in [2.24, 2.45) is 0 Å². The molecule has 0 bridgehead atoms. The fourth-order valence-electron chi connectivity index (χ4n) is 0.817. The Hall–Kier alpha value is -0.514. The van der Waals surface area contributed by atoms with Crippen LogP contribution in [0.5, 0.6) is 0 Å². The van der Waals surface area contributed by atoms with Crippen LogP contribution in [0.3, 0.4) is 0 Å². The molecule has 70 valence electrons. The number of nitriles is 1. The molecule has 0 aromatic carbocycles. The Labute approximate surface area is 97.0 Å². The van der Waals surface area contributed by atoms with Crippen molar-refractivity contribution in [3.63, 3.8) is 0 Å². The zero-order valence-electron chi connectivity index (χ0n) is 6.77. The number of halogens is 4. The van der Waals surface area contributed by atoms with Gasteiger partial charge in [-0.3, -0.25) is 0 Å². The van der Waals surface area contributed by atoms with E-state index >= 15 is 0 Å². The molecule has 1 rings (SSSR count).